The van der Waals surface area contributed by atoms with E-state index in [2.05, 4.69) is 10.6 Å². The van der Waals surface area contributed by atoms with Gasteiger partial charge in [0.2, 0.25) is 5.91 Å². The van der Waals surface area contributed by atoms with Crippen molar-refractivity contribution < 1.29 is 9.18 Å². The van der Waals surface area contributed by atoms with Crippen LogP contribution in [0.4, 0.5) is 4.39 Å². The van der Waals surface area contributed by atoms with Crippen LogP contribution in [0.15, 0.2) is 18.2 Å². The number of hydrogen-bond acceptors (Lipinski definition) is 2. The van der Waals surface area contributed by atoms with Crippen LogP contribution in [-0.4, -0.2) is 18.5 Å². The second-order valence-corrected chi connectivity index (χ2v) is 5.02. The summed E-state index contributed by atoms with van der Waals surface area (Å²) in [6.45, 7) is 2.98. The average Bonchev–Trinajstić information content (AvgIpc) is 2.31. The van der Waals surface area contributed by atoms with E-state index < -0.39 is 0 Å². The second kappa shape index (κ2) is 5.67. The van der Waals surface area contributed by atoms with Crippen molar-refractivity contribution in [3.8, 4) is 0 Å². The minimum atomic E-state index is -0.348. The van der Waals surface area contributed by atoms with Crippen LogP contribution >= 0.6 is 11.6 Å². The van der Waals surface area contributed by atoms with Crippen molar-refractivity contribution >= 4 is 17.5 Å². The molecule has 0 saturated carbocycles. The standard InChI is InChI=1S/C13H16ClFN2O/c1-8-5-6-16-13(18)12(8)17-7-9-10(14)3-2-4-11(9)15/h2-4,8,12,17H,5-7H2,1H3,(H,16,18)/t8-,12-/m1/s1. The molecule has 0 radical (unpaired) electrons. The van der Waals surface area contributed by atoms with Gasteiger partial charge in [0.05, 0.1) is 6.04 Å². The van der Waals surface area contributed by atoms with Gasteiger partial charge in [-0.2, -0.15) is 0 Å². The van der Waals surface area contributed by atoms with Crippen LogP contribution in [0.25, 0.3) is 0 Å². The van der Waals surface area contributed by atoms with Crippen molar-refractivity contribution in [1.29, 1.82) is 0 Å². The highest BCUT2D eigenvalue weighted by Crippen LogP contribution is 2.20. The smallest absolute Gasteiger partial charge is 0.237 e. The molecule has 1 fully saturated rings. The first-order valence-electron chi connectivity index (χ1n) is 6.03. The molecule has 2 atom stereocenters. The predicted octanol–water partition coefficient (Wildman–Crippen LogP) is 2.09. The summed E-state index contributed by atoms with van der Waals surface area (Å²) < 4.78 is 13.6. The number of benzene rings is 1. The summed E-state index contributed by atoms with van der Waals surface area (Å²) in [6.07, 6.45) is 0.925. The summed E-state index contributed by atoms with van der Waals surface area (Å²) in [5.41, 5.74) is 0.407. The van der Waals surface area contributed by atoms with Crippen LogP contribution in [0.5, 0.6) is 0 Å². The minimum absolute atomic E-state index is 0.0267. The van der Waals surface area contributed by atoms with Crippen molar-refractivity contribution in [3.63, 3.8) is 0 Å². The Bertz CT molecular complexity index is 432. The normalized spacial score (nSPS) is 23.8. The molecular formula is C13H16ClFN2O. The van der Waals surface area contributed by atoms with Gasteiger partial charge in [-0.05, 0) is 24.5 Å². The third kappa shape index (κ3) is 2.82. The first-order chi connectivity index (χ1) is 8.59. The molecule has 2 rings (SSSR count). The molecule has 1 aliphatic rings. The van der Waals surface area contributed by atoms with Gasteiger partial charge in [0, 0.05) is 23.7 Å². The molecule has 1 saturated heterocycles. The van der Waals surface area contributed by atoms with Crippen molar-refractivity contribution in [2.75, 3.05) is 6.54 Å². The van der Waals surface area contributed by atoms with E-state index in [4.69, 9.17) is 11.6 Å². The monoisotopic (exact) mass is 270 g/mol. The Labute approximate surface area is 111 Å². The first kappa shape index (κ1) is 13.3. The summed E-state index contributed by atoms with van der Waals surface area (Å²) in [7, 11) is 0. The van der Waals surface area contributed by atoms with E-state index in [0.717, 1.165) is 6.42 Å². The molecule has 2 N–H and O–H groups in total. The zero-order chi connectivity index (χ0) is 13.1. The number of carbonyl (C=O) groups is 1. The third-order valence-corrected chi connectivity index (χ3v) is 3.66. The summed E-state index contributed by atoms with van der Waals surface area (Å²) >= 11 is 5.94. The molecule has 0 aromatic heterocycles. The second-order valence-electron chi connectivity index (χ2n) is 4.62. The maximum absolute atomic E-state index is 13.6. The lowest BCUT2D eigenvalue weighted by atomic mass is 9.94. The fourth-order valence-corrected chi connectivity index (χ4v) is 2.40. The summed E-state index contributed by atoms with van der Waals surface area (Å²) in [5, 5.41) is 6.26. The van der Waals surface area contributed by atoms with Crippen LogP contribution in [-0.2, 0) is 11.3 Å². The van der Waals surface area contributed by atoms with E-state index in [1.165, 1.54) is 6.07 Å². The third-order valence-electron chi connectivity index (χ3n) is 3.31. The Hall–Kier alpha value is -1.13. The minimum Gasteiger partial charge on any atom is -0.355 e. The van der Waals surface area contributed by atoms with Crippen molar-refractivity contribution in [2.24, 2.45) is 5.92 Å². The van der Waals surface area contributed by atoms with Gasteiger partial charge in [-0.15, -0.1) is 0 Å². The number of piperidine rings is 1. The lowest BCUT2D eigenvalue weighted by Gasteiger charge is -2.29. The van der Waals surface area contributed by atoms with Crippen LogP contribution < -0.4 is 10.6 Å². The SMILES string of the molecule is C[C@@H]1CCNC(=O)[C@@H]1NCc1c(F)cccc1Cl. The van der Waals surface area contributed by atoms with E-state index >= 15 is 0 Å². The Morgan fingerprint density at radius 3 is 3.00 bits per heavy atom. The van der Waals surface area contributed by atoms with Gasteiger partial charge >= 0.3 is 0 Å². The number of nitrogens with one attached hydrogen (secondary N) is 2. The van der Waals surface area contributed by atoms with Crippen molar-refractivity contribution in [2.45, 2.75) is 25.9 Å². The van der Waals surface area contributed by atoms with E-state index in [1.54, 1.807) is 12.1 Å². The molecule has 0 aliphatic carbocycles. The lowest BCUT2D eigenvalue weighted by Crippen LogP contribution is -2.52. The zero-order valence-electron chi connectivity index (χ0n) is 10.2. The quantitative estimate of drug-likeness (QED) is 0.883. The van der Waals surface area contributed by atoms with E-state index in [1.807, 2.05) is 6.92 Å². The average molecular weight is 271 g/mol. The van der Waals surface area contributed by atoms with Crippen LogP contribution in [0.1, 0.15) is 18.9 Å². The Kier molecular flexibility index (Phi) is 4.19. The van der Waals surface area contributed by atoms with Gasteiger partial charge in [0.1, 0.15) is 5.82 Å². The van der Waals surface area contributed by atoms with Crippen molar-refractivity contribution in [3.05, 3.63) is 34.6 Å². The number of rotatable bonds is 3. The predicted molar refractivity (Wildman–Crippen MR) is 68.8 cm³/mol. The molecule has 0 unspecified atom stereocenters. The highest BCUT2D eigenvalue weighted by atomic mass is 35.5. The van der Waals surface area contributed by atoms with Gasteiger partial charge in [0.15, 0.2) is 0 Å². The van der Waals surface area contributed by atoms with E-state index in [9.17, 15) is 9.18 Å². The number of carbonyl (C=O) groups excluding carboxylic acids is 1. The molecule has 1 aliphatic heterocycles. The molecule has 1 aromatic rings. The molecule has 0 bridgehead atoms. The molecule has 1 aromatic carbocycles. The summed E-state index contributed by atoms with van der Waals surface area (Å²) in [4.78, 5) is 11.7. The fourth-order valence-electron chi connectivity index (χ4n) is 2.17. The van der Waals surface area contributed by atoms with Gasteiger partial charge in [-0.1, -0.05) is 24.6 Å². The largest absolute Gasteiger partial charge is 0.355 e. The molecule has 18 heavy (non-hydrogen) atoms. The maximum Gasteiger partial charge on any atom is 0.237 e. The van der Waals surface area contributed by atoms with Gasteiger partial charge in [-0.3, -0.25) is 4.79 Å². The Balaban J connectivity index is 2.04. The van der Waals surface area contributed by atoms with Crippen LogP contribution in [0.3, 0.4) is 0 Å². The molecule has 3 nitrogen and oxygen atoms in total. The zero-order valence-corrected chi connectivity index (χ0v) is 10.9. The van der Waals surface area contributed by atoms with E-state index in [-0.39, 0.29) is 30.2 Å². The highest BCUT2D eigenvalue weighted by molar-refractivity contribution is 6.31. The van der Waals surface area contributed by atoms with Gasteiger partial charge in [0.25, 0.3) is 0 Å². The number of hydrogen-bond donors (Lipinski definition) is 2. The molecule has 5 heteroatoms. The van der Waals surface area contributed by atoms with E-state index in [0.29, 0.717) is 17.1 Å². The number of amides is 1. The van der Waals surface area contributed by atoms with Gasteiger partial charge in [-0.25, -0.2) is 4.39 Å². The van der Waals surface area contributed by atoms with Crippen LogP contribution in [0.2, 0.25) is 5.02 Å². The molecule has 0 spiro atoms. The Morgan fingerprint density at radius 2 is 2.33 bits per heavy atom. The van der Waals surface area contributed by atoms with Gasteiger partial charge < -0.3 is 10.6 Å². The Morgan fingerprint density at radius 1 is 1.56 bits per heavy atom. The summed E-state index contributed by atoms with van der Waals surface area (Å²) in [6, 6.07) is 4.30. The summed E-state index contributed by atoms with van der Waals surface area (Å²) in [5.74, 6) is -0.135. The molecule has 98 valence electrons. The maximum atomic E-state index is 13.6. The first-order valence-corrected chi connectivity index (χ1v) is 6.41. The highest BCUT2D eigenvalue weighted by Gasteiger charge is 2.28. The topological polar surface area (TPSA) is 41.1 Å². The fraction of sp³-hybridized carbons (Fsp3) is 0.462. The number of halogens is 2. The van der Waals surface area contributed by atoms with Crippen molar-refractivity contribution in [1.82, 2.24) is 10.6 Å². The molecule has 1 amide bonds. The molecule has 1 heterocycles. The lowest BCUT2D eigenvalue weighted by molar-refractivity contribution is -0.126. The molecular weight excluding hydrogens is 255 g/mol. The van der Waals surface area contributed by atoms with Crippen LogP contribution in [0, 0.1) is 11.7 Å².